The summed E-state index contributed by atoms with van der Waals surface area (Å²) in [4.78, 5) is 0. The van der Waals surface area contributed by atoms with Crippen molar-refractivity contribution in [1.82, 2.24) is 0 Å². The van der Waals surface area contributed by atoms with Gasteiger partial charge in [-0.2, -0.15) is 5.26 Å². The van der Waals surface area contributed by atoms with Crippen LogP contribution in [-0.2, 0) is 0 Å². The summed E-state index contributed by atoms with van der Waals surface area (Å²) >= 11 is 0. The van der Waals surface area contributed by atoms with Crippen LogP contribution in [0.25, 0.3) is 0 Å². The number of rotatable bonds is 2. The highest BCUT2D eigenvalue weighted by atomic mass is 14.3. The Morgan fingerprint density at radius 1 is 1.19 bits per heavy atom. The number of nitriles is 1. The summed E-state index contributed by atoms with van der Waals surface area (Å²) in [6, 6.07) is 11.2. The van der Waals surface area contributed by atoms with Crippen molar-refractivity contribution in [1.29, 1.82) is 5.26 Å². The van der Waals surface area contributed by atoms with Crippen LogP contribution in [0, 0.1) is 24.2 Å². The van der Waals surface area contributed by atoms with Crippen LogP contribution in [-0.4, -0.2) is 0 Å². The predicted molar refractivity (Wildman–Crippen MR) is 66.1 cm³/mol. The summed E-state index contributed by atoms with van der Waals surface area (Å²) in [5.41, 5.74) is 2.75. The highest BCUT2D eigenvalue weighted by molar-refractivity contribution is 5.25. The summed E-state index contributed by atoms with van der Waals surface area (Å²) < 4.78 is 0. The van der Waals surface area contributed by atoms with Crippen LogP contribution in [0.5, 0.6) is 0 Å². The van der Waals surface area contributed by atoms with Crippen molar-refractivity contribution in [3.63, 3.8) is 0 Å². The smallest absolute Gasteiger partial charge is 0.0624 e. The van der Waals surface area contributed by atoms with Crippen LogP contribution < -0.4 is 0 Å². The van der Waals surface area contributed by atoms with Crippen molar-refractivity contribution in [2.24, 2.45) is 5.92 Å². The van der Waals surface area contributed by atoms with Gasteiger partial charge in [0.25, 0.3) is 0 Å². The molecular weight excluding hydrogens is 194 g/mol. The van der Waals surface area contributed by atoms with Crippen molar-refractivity contribution in [2.75, 3.05) is 0 Å². The Balaban J connectivity index is 2.16. The average Bonchev–Trinajstić information content (AvgIpc) is 2.32. The molecular formula is C15H19N. The molecule has 1 nitrogen and oxygen atoms in total. The topological polar surface area (TPSA) is 23.8 Å². The Bertz CT molecular complexity index is 371. The molecule has 0 spiro atoms. The zero-order valence-corrected chi connectivity index (χ0v) is 9.95. The van der Waals surface area contributed by atoms with Gasteiger partial charge in [-0.3, -0.25) is 0 Å². The molecule has 1 aromatic carbocycles. The lowest BCUT2D eigenvalue weighted by Gasteiger charge is -2.30. The summed E-state index contributed by atoms with van der Waals surface area (Å²) in [5.74, 6) is 1.20. The van der Waals surface area contributed by atoms with E-state index in [2.05, 4.69) is 37.3 Å². The minimum absolute atomic E-state index is 0.585. The Hall–Kier alpha value is -1.29. The zero-order chi connectivity index (χ0) is 11.4. The number of aryl methyl sites for hydroxylation is 1. The Kier molecular flexibility index (Phi) is 3.62. The van der Waals surface area contributed by atoms with E-state index < -0.39 is 0 Å². The van der Waals surface area contributed by atoms with Crippen molar-refractivity contribution >= 4 is 0 Å². The van der Waals surface area contributed by atoms with Crippen LogP contribution in [0.4, 0.5) is 0 Å². The second-order valence-corrected chi connectivity index (χ2v) is 4.92. The first-order chi connectivity index (χ1) is 7.81. The zero-order valence-electron chi connectivity index (χ0n) is 9.95. The van der Waals surface area contributed by atoms with Gasteiger partial charge in [-0.05, 0) is 37.2 Å². The molecule has 1 fully saturated rings. The number of benzene rings is 1. The van der Waals surface area contributed by atoms with Gasteiger partial charge in [-0.1, -0.05) is 42.7 Å². The number of hydrogen-bond acceptors (Lipinski definition) is 1. The van der Waals surface area contributed by atoms with Crippen LogP contribution >= 0.6 is 0 Å². The molecule has 1 aliphatic carbocycles. The largest absolute Gasteiger partial charge is 0.198 e. The van der Waals surface area contributed by atoms with Crippen LogP contribution in [0.2, 0.25) is 0 Å². The molecule has 0 radical (unpaired) electrons. The molecule has 0 heterocycles. The Morgan fingerprint density at radius 2 is 1.88 bits per heavy atom. The maximum Gasteiger partial charge on any atom is 0.0624 e. The maximum atomic E-state index is 8.88. The van der Waals surface area contributed by atoms with E-state index in [0.717, 1.165) is 6.42 Å². The molecule has 2 atom stereocenters. The predicted octanol–water partition coefficient (Wildman–Crippen LogP) is 4.18. The SMILES string of the molecule is Cc1ccc(C2CCCCC2CC#N)cc1. The van der Waals surface area contributed by atoms with Gasteiger partial charge in [0.2, 0.25) is 0 Å². The standard InChI is InChI=1S/C15H19N/c1-12-6-8-14(9-7-12)15-5-3-2-4-13(15)10-11-16/h6-9,13,15H,2-5,10H2,1H3. The molecule has 1 heteroatoms. The van der Waals surface area contributed by atoms with Crippen molar-refractivity contribution in [3.8, 4) is 6.07 Å². The first kappa shape index (κ1) is 11.2. The molecule has 1 aromatic rings. The molecule has 0 aliphatic heterocycles. The molecule has 2 rings (SSSR count). The van der Waals surface area contributed by atoms with Crippen LogP contribution in [0.1, 0.15) is 49.1 Å². The van der Waals surface area contributed by atoms with Crippen LogP contribution in [0.3, 0.4) is 0 Å². The van der Waals surface area contributed by atoms with E-state index in [9.17, 15) is 0 Å². The minimum atomic E-state index is 0.585. The van der Waals surface area contributed by atoms with Gasteiger partial charge in [-0.25, -0.2) is 0 Å². The Morgan fingerprint density at radius 3 is 2.56 bits per heavy atom. The lowest BCUT2D eigenvalue weighted by atomic mass is 9.74. The monoisotopic (exact) mass is 213 g/mol. The third-order valence-electron chi connectivity index (χ3n) is 3.77. The molecule has 1 saturated carbocycles. The molecule has 0 saturated heterocycles. The van der Waals surface area contributed by atoms with E-state index >= 15 is 0 Å². The van der Waals surface area contributed by atoms with Gasteiger partial charge in [0.05, 0.1) is 6.07 Å². The van der Waals surface area contributed by atoms with E-state index in [4.69, 9.17) is 5.26 Å². The third kappa shape index (κ3) is 2.44. The number of nitrogens with zero attached hydrogens (tertiary/aromatic N) is 1. The fraction of sp³-hybridized carbons (Fsp3) is 0.533. The fourth-order valence-electron chi connectivity index (χ4n) is 2.82. The van der Waals surface area contributed by atoms with Gasteiger partial charge < -0.3 is 0 Å². The molecule has 1 aliphatic rings. The molecule has 0 amide bonds. The van der Waals surface area contributed by atoms with Gasteiger partial charge in [-0.15, -0.1) is 0 Å². The summed E-state index contributed by atoms with van der Waals surface area (Å²) in [5, 5.41) is 8.88. The molecule has 16 heavy (non-hydrogen) atoms. The summed E-state index contributed by atoms with van der Waals surface area (Å²) in [6.45, 7) is 2.12. The second-order valence-electron chi connectivity index (χ2n) is 4.92. The first-order valence-corrected chi connectivity index (χ1v) is 6.25. The molecule has 84 valence electrons. The van der Waals surface area contributed by atoms with E-state index in [1.165, 1.54) is 36.8 Å². The number of hydrogen-bond donors (Lipinski definition) is 0. The van der Waals surface area contributed by atoms with Crippen molar-refractivity contribution < 1.29 is 0 Å². The van der Waals surface area contributed by atoms with E-state index in [-0.39, 0.29) is 0 Å². The maximum absolute atomic E-state index is 8.88. The van der Waals surface area contributed by atoms with Gasteiger partial charge in [0.1, 0.15) is 0 Å². The third-order valence-corrected chi connectivity index (χ3v) is 3.77. The van der Waals surface area contributed by atoms with E-state index in [1.807, 2.05) is 0 Å². The second kappa shape index (κ2) is 5.16. The Labute approximate surface area is 98.1 Å². The first-order valence-electron chi connectivity index (χ1n) is 6.25. The van der Waals surface area contributed by atoms with Gasteiger partial charge >= 0.3 is 0 Å². The lowest BCUT2D eigenvalue weighted by molar-refractivity contribution is 0.312. The van der Waals surface area contributed by atoms with E-state index in [0.29, 0.717) is 11.8 Å². The molecule has 0 aromatic heterocycles. The van der Waals surface area contributed by atoms with Crippen LogP contribution in [0.15, 0.2) is 24.3 Å². The highest BCUT2D eigenvalue weighted by Crippen LogP contribution is 2.39. The summed E-state index contributed by atoms with van der Waals surface area (Å²) in [6.07, 6.45) is 5.83. The molecule has 2 unspecified atom stereocenters. The van der Waals surface area contributed by atoms with Gasteiger partial charge in [0, 0.05) is 6.42 Å². The van der Waals surface area contributed by atoms with Crippen molar-refractivity contribution in [2.45, 2.75) is 44.9 Å². The molecule has 0 bridgehead atoms. The fourth-order valence-corrected chi connectivity index (χ4v) is 2.82. The van der Waals surface area contributed by atoms with Crippen molar-refractivity contribution in [3.05, 3.63) is 35.4 Å². The molecule has 0 N–H and O–H groups in total. The van der Waals surface area contributed by atoms with E-state index in [1.54, 1.807) is 0 Å². The highest BCUT2D eigenvalue weighted by Gasteiger charge is 2.25. The minimum Gasteiger partial charge on any atom is -0.198 e. The van der Waals surface area contributed by atoms with Gasteiger partial charge in [0.15, 0.2) is 0 Å². The normalized spacial score (nSPS) is 25.0. The lowest BCUT2D eigenvalue weighted by Crippen LogP contribution is -2.17. The summed E-state index contributed by atoms with van der Waals surface area (Å²) in [7, 11) is 0. The average molecular weight is 213 g/mol. The quantitative estimate of drug-likeness (QED) is 0.723.